The van der Waals surface area contributed by atoms with Crippen molar-refractivity contribution in [2.45, 2.75) is 13.8 Å². The van der Waals surface area contributed by atoms with Gasteiger partial charge in [0.25, 0.3) is 0 Å². The van der Waals surface area contributed by atoms with Crippen LogP contribution in [0.15, 0.2) is 29.3 Å². The molecule has 2 N–H and O–H groups in total. The van der Waals surface area contributed by atoms with Crippen LogP contribution in [0, 0.1) is 12.8 Å². The zero-order valence-corrected chi connectivity index (χ0v) is 16.4. The highest BCUT2D eigenvalue weighted by Crippen LogP contribution is 2.10. The van der Waals surface area contributed by atoms with Gasteiger partial charge in [0, 0.05) is 13.6 Å². The molecule has 0 spiro atoms. The lowest BCUT2D eigenvalue weighted by atomic mass is 10.2. The standard InChI is InChI=1S/C16H25N3O3.HI/c1-12-5-7-14(8-6-12)22-10-9-18-16(17-3)19-11-13(2)15(20)21-4;/h5-8,13H,9-11H2,1-4H3,(H2,17,18,19);1H. The van der Waals surface area contributed by atoms with E-state index in [1.54, 1.807) is 14.0 Å². The number of benzene rings is 1. The average molecular weight is 435 g/mol. The lowest BCUT2D eigenvalue weighted by molar-refractivity contribution is -0.144. The fraction of sp³-hybridized carbons (Fsp3) is 0.500. The molecule has 23 heavy (non-hydrogen) atoms. The van der Waals surface area contributed by atoms with Crippen molar-refractivity contribution >= 4 is 35.9 Å². The Kier molecular flexibility index (Phi) is 11.2. The predicted octanol–water partition coefficient (Wildman–Crippen LogP) is 1.97. The number of guanidine groups is 1. The number of rotatable bonds is 7. The Morgan fingerprint density at radius 1 is 1.26 bits per heavy atom. The smallest absolute Gasteiger partial charge is 0.310 e. The molecule has 0 heterocycles. The molecule has 0 amide bonds. The van der Waals surface area contributed by atoms with Gasteiger partial charge in [-0.1, -0.05) is 24.6 Å². The van der Waals surface area contributed by atoms with Gasteiger partial charge < -0.3 is 20.1 Å². The second kappa shape index (κ2) is 12.0. The predicted molar refractivity (Wildman–Crippen MR) is 103 cm³/mol. The number of nitrogens with zero attached hydrogens (tertiary/aromatic N) is 1. The van der Waals surface area contributed by atoms with Crippen molar-refractivity contribution in [3.63, 3.8) is 0 Å². The highest BCUT2D eigenvalue weighted by Gasteiger charge is 2.13. The molecule has 0 bridgehead atoms. The van der Waals surface area contributed by atoms with Crippen LogP contribution in [0.2, 0.25) is 0 Å². The molecule has 1 unspecified atom stereocenters. The monoisotopic (exact) mass is 435 g/mol. The number of hydrogen-bond donors (Lipinski definition) is 2. The average Bonchev–Trinajstić information content (AvgIpc) is 2.54. The normalized spacial score (nSPS) is 11.9. The van der Waals surface area contributed by atoms with Crippen molar-refractivity contribution in [1.82, 2.24) is 10.6 Å². The topological polar surface area (TPSA) is 72.0 Å². The number of nitrogens with one attached hydrogen (secondary N) is 2. The van der Waals surface area contributed by atoms with Crippen molar-refractivity contribution in [1.29, 1.82) is 0 Å². The fourth-order valence-electron chi connectivity index (χ4n) is 1.73. The first-order chi connectivity index (χ1) is 10.6. The third-order valence-electron chi connectivity index (χ3n) is 3.09. The van der Waals surface area contributed by atoms with E-state index in [1.165, 1.54) is 12.7 Å². The molecule has 1 aromatic rings. The minimum atomic E-state index is -0.245. The quantitative estimate of drug-likeness (QED) is 0.225. The summed E-state index contributed by atoms with van der Waals surface area (Å²) >= 11 is 0. The number of ether oxygens (including phenoxy) is 2. The highest BCUT2D eigenvalue weighted by atomic mass is 127. The third-order valence-corrected chi connectivity index (χ3v) is 3.09. The number of halogens is 1. The molecule has 130 valence electrons. The highest BCUT2D eigenvalue weighted by molar-refractivity contribution is 14.0. The van der Waals surface area contributed by atoms with Gasteiger partial charge in [-0.3, -0.25) is 9.79 Å². The Labute approximate surface area is 155 Å². The Morgan fingerprint density at radius 2 is 1.91 bits per heavy atom. The summed E-state index contributed by atoms with van der Waals surface area (Å²) in [6.45, 7) is 5.44. The van der Waals surface area contributed by atoms with Gasteiger partial charge in [0.15, 0.2) is 5.96 Å². The molecule has 1 rings (SSSR count). The van der Waals surface area contributed by atoms with Crippen molar-refractivity contribution in [2.24, 2.45) is 10.9 Å². The summed E-state index contributed by atoms with van der Waals surface area (Å²) in [6, 6.07) is 7.91. The largest absolute Gasteiger partial charge is 0.492 e. The van der Waals surface area contributed by atoms with E-state index in [2.05, 4.69) is 20.4 Å². The molecule has 1 atom stereocenters. The number of esters is 1. The number of hydrogen-bond acceptors (Lipinski definition) is 4. The van der Waals surface area contributed by atoms with Crippen LogP contribution in [-0.4, -0.2) is 45.8 Å². The van der Waals surface area contributed by atoms with E-state index in [0.29, 0.717) is 25.7 Å². The molecule has 0 aliphatic rings. The van der Waals surface area contributed by atoms with Crippen LogP contribution in [0.4, 0.5) is 0 Å². The molecule has 0 radical (unpaired) electrons. The third kappa shape index (κ3) is 8.63. The molecule has 0 aliphatic carbocycles. The van der Waals surface area contributed by atoms with Crippen LogP contribution in [0.3, 0.4) is 0 Å². The van der Waals surface area contributed by atoms with Crippen molar-refractivity contribution in [3.8, 4) is 5.75 Å². The first kappa shape index (κ1) is 21.5. The van der Waals surface area contributed by atoms with E-state index in [0.717, 1.165) is 5.75 Å². The van der Waals surface area contributed by atoms with Crippen LogP contribution in [0.25, 0.3) is 0 Å². The summed E-state index contributed by atoms with van der Waals surface area (Å²) in [5.41, 5.74) is 1.20. The molecule has 0 aromatic heterocycles. The van der Waals surface area contributed by atoms with E-state index in [9.17, 15) is 4.79 Å². The minimum Gasteiger partial charge on any atom is -0.492 e. The van der Waals surface area contributed by atoms with Gasteiger partial charge >= 0.3 is 5.97 Å². The van der Waals surface area contributed by atoms with Gasteiger partial charge in [-0.05, 0) is 19.1 Å². The summed E-state index contributed by atoms with van der Waals surface area (Å²) in [5.74, 6) is 0.996. The van der Waals surface area contributed by atoms with Gasteiger partial charge in [0.1, 0.15) is 12.4 Å². The number of aryl methyl sites for hydroxylation is 1. The second-order valence-electron chi connectivity index (χ2n) is 4.97. The zero-order valence-electron chi connectivity index (χ0n) is 14.1. The molecule has 0 saturated carbocycles. The molecule has 6 nitrogen and oxygen atoms in total. The van der Waals surface area contributed by atoms with Crippen LogP contribution in [0.1, 0.15) is 12.5 Å². The van der Waals surface area contributed by atoms with Gasteiger partial charge in [-0.25, -0.2) is 0 Å². The maximum atomic E-state index is 11.3. The number of methoxy groups -OCH3 is 1. The minimum absolute atomic E-state index is 0. The molecule has 0 saturated heterocycles. The lowest BCUT2D eigenvalue weighted by Crippen LogP contribution is -2.42. The first-order valence-corrected chi connectivity index (χ1v) is 7.28. The Balaban J connectivity index is 0.00000484. The second-order valence-corrected chi connectivity index (χ2v) is 4.97. The van der Waals surface area contributed by atoms with Gasteiger partial charge in [-0.2, -0.15) is 0 Å². The SMILES string of the molecule is CN=C(NCCOc1ccc(C)cc1)NCC(C)C(=O)OC.I. The number of aliphatic imine (C=N–C) groups is 1. The van der Waals surface area contributed by atoms with E-state index in [4.69, 9.17) is 4.74 Å². The van der Waals surface area contributed by atoms with Gasteiger partial charge in [0.05, 0.1) is 19.6 Å². The Bertz CT molecular complexity index is 492. The molecule has 0 fully saturated rings. The molecule has 0 aliphatic heterocycles. The molecular weight excluding hydrogens is 409 g/mol. The lowest BCUT2D eigenvalue weighted by Gasteiger charge is -2.15. The van der Waals surface area contributed by atoms with E-state index < -0.39 is 0 Å². The van der Waals surface area contributed by atoms with Crippen LogP contribution >= 0.6 is 24.0 Å². The summed E-state index contributed by atoms with van der Waals surface area (Å²) in [4.78, 5) is 15.4. The zero-order chi connectivity index (χ0) is 16.4. The Hall–Kier alpha value is -1.51. The number of carbonyl (C=O) groups excluding carboxylic acids is 1. The maximum Gasteiger partial charge on any atom is 0.310 e. The summed E-state index contributed by atoms with van der Waals surface area (Å²) in [7, 11) is 3.06. The maximum absolute atomic E-state index is 11.3. The van der Waals surface area contributed by atoms with Crippen molar-refractivity contribution in [3.05, 3.63) is 29.8 Å². The fourth-order valence-corrected chi connectivity index (χ4v) is 1.73. The van der Waals surface area contributed by atoms with Crippen LogP contribution in [-0.2, 0) is 9.53 Å². The van der Waals surface area contributed by atoms with Gasteiger partial charge in [-0.15, -0.1) is 24.0 Å². The van der Waals surface area contributed by atoms with Crippen molar-refractivity contribution in [2.75, 3.05) is 33.9 Å². The summed E-state index contributed by atoms with van der Waals surface area (Å²) in [6.07, 6.45) is 0. The van der Waals surface area contributed by atoms with E-state index >= 15 is 0 Å². The van der Waals surface area contributed by atoms with Crippen molar-refractivity contribution < 1.29 is 14.3 Å². The molecular formula is C16H26IN3O3. The van der Waals surface area contributed by atoms with E-state index in [1.807, 2.05) is 31.2 Å². The first-order valence-electron chi connectivity index (χ1n) is 7.28. The molecule has 7 heteroatoms. The van der Waals surface area contributed by atoms with Crippen LogP contribution in [0.5, 0.6) is 5.75 Å². The molecule has 1 aromatic carbocycles. The Morgan fingerprint density at radius 3 is 2.48 bits per heavy atom. The van der Waals surface area contributed by atoms with E-state index in [-0.39, 0.29) is 35.9 Å². The summed E-state index contributed by atoms with van der Waals surface area (Å²) < 4.78 is 10.3. The van der Waals surface area contributed by atoms with Crippen LogP contribution < -0.4 is 15.4 Å². The number of carbonyl (C=O) groups is 1. The van der Waals surface area contributed by atoms with Gasteiger partial charge in [0.2, 0.25) is 0 Å². The summed E-state index contributed by atoms with van der Waals surface area (Å²) in [5, 5.41) is 6.20.